The summed E-state index contributed by atoms with van der Waals surface area (Å²) in [7, 11) is 0. The minimum absolute atomic E-state index is 0.0685. The number of carbonyl (C=O) groups excluding carboxylic acids is 1. The van der Waals surface area contributed by atoms with Gasteiger partial charge in [0.25, 0.3) is 0 Å². The summed E-state index contributed by atoms with van der Waals surface area (Å²) in [6.07, 6.45) is 4.99. The molecule has 1 aliphatic carbocycles. The van der Waals surface area contributed by atoms with Gasteiger partial charge in [-0.15, -0.1) is 5.10 Å². The molecule has 2 aliphatic rings. The number of hydrogen-bond acceptors (Lipinski definition) is 5. The molecule has 0 aromatic carbocycles. The standard InChI is InChI=1S/C11H17N5O2/c12-11-13-6-16(15-11)5-9(17)14-8-3-4-18-10(8)7-1-2-7/h6-8,10H,1-5H2,(H2,12,15)(H,14,17). The van der Waals surface area contributed by atoms with E-state index in [9.17, 15) is 4.79 Å². The zero-order valence-electron chi connectivity index (χ0n) is 10.1. The number of anilines is 1. The zero-order valence-corrected chi connectivity index (χ0v) is 10.1. The molecule has 0 bridgehead atoms. The Hall–Kier alpha value is -1.63. The van der Waals surface area contributed by atoms with Gasteiger partial charge in [0, 0.05) is 6.61 Å². The molecule has 1 saturated heterocycles. The van der Waals surface area contributed by atoms with Crippen LogP contribution in [-0.2, 0) is 16.1 Å². The second kappa shape index (κ2) is 4.56. The first-order chi connectivity index (χ1) is 8.72. The van der Waals surface area contributed by atoms with Crippen LogP contribution in [0, 0.1) is 5.92 Å². The third kappa shape index (κ3) is 2.45. The number of carbonyl (C=O) groups is 1. The van der Waals surface area contributed by atoms with Crippen molar-refractivity contribution in [3.8, 4) is 0 Å². The molecular formula is C11H17N5O2. The third-order valence-corrected chi connectivity index (χ3v) is 3.43. The van der Waals surface area contributed by atoms with Crippen LogP contribution in [0.15, 0.2) is 6.33 Å². The van der Waals surface area contributed by atoms with E-state index in [2.05, 4.69) is 15.4 Å². The lowest BCUT2D eigenvalue weighted by atomic mass is 10.1. The Morgan fingerprint density at radius 1 is 1.56 bits per heavy atom. The molecule has 2 heterocycles. The molecule has 2 atom stereocenters. The van der Waals surface area contributed by atoms with Crippen LogP contribution in [0.25, 0.3) is 0 Å². The first-order valence-corrected chi connectivity index (χ1v) is 6.28. The van der Waals surface area contributed by atoms with E-state index in [0.29, 0.717) is 5.92 Å². The molecule has 2 unspecified atom stereocenters. The van der Waals surface area contributed by atoms with Crippen molar-refractivity contribution in [1.29, 1.82) is 0 Å². The Bertz CT molecular complexity index is 442. The number of rotatable bonds is 4. The summed E-state index contributed by atoms with van der Waals surface area (Å²) in [4.78, 5) is 15.6. The summed E-state index contributed by atoms with van der Waals surface area (Å²) in [5, 5.41) is 6.90. The first-order valence-electron chi connectivity index (χ1n) is 6.28. The highest BCUT2D eigenvalue weighted by atomic mass is 16.5. The molecule has 7 nitrogen and oxygen atoms in total. The summed E-state index contributed by atoms with van der Waals surface area (Å²) in [6, 6.07) is 0.144. The SMILES string of the molecule is Nc1ncn(CC(=O)NC2CCOC2C2CC2)n1. The molecule has 18 heavy (non-hydrogen) atoms. The highest BCUT2D eigenvalue weighted by Crippen LogP contribution is 2.38. The summed E-state index contributed by atoms with van der Waals surface area (Å²) in [5.74, 6) is 0.753. The van der Waals surface area contributed by atoms with Crippen molar-refractivity contribution in [3.63, 3.8) is 0 Å². The number of aromatic nitrogens is 3. The Kier molecular flexibility index (Phi) is 2.91. The van der Waals surface area contributed by atoms with Crippen LogP contribution in [-0.4, -0.2) is 39.4 Å². The molecule has 1 saturated carbocycles. The molecule has 2 fully saturated rings. The predicted octanol–water partition coefficient (Wildman–Crippen LogP) is -0.456. The average Bonchev–Trinajstić information content (AvgIpc) is 2.94. The zero-order chi connectivity index (χ0) is 12.5. The van der Waals surface area contributed by atoms with Crippen molar-refractivity contribution in [3.05, 3.63) is 6.33 Å². The fourth-order valence-corrected chi connectivity index (χ4v) is 2.44. The summed E-state index contributed by atoms with van der Waals surface area (Å²) in [5.41, 5.74) is 5.39. The molecule has 7 heteroatoms. The van der Waals surface area contributed by atoms with Gasteiger partial charge in [0.2, 0.25) is 11.9 Å². The van der Waals surface area contributed by atoms with Crippen molar-refractivity contribution in [1.82, 2.24) is 20.1 Å². The minimum atomic E-state index is -0.0685. The molecule has 3 rings (SSSR count). The van der Waals surface area contributed by atoms with E-state index in [1.165, 1.54) is 23.9 Å². The van der Waals surface area contributed by atoms with Gasteiger partial charge in [0.15, 0.2) is 0 Å². The van der Waals surface area contributed by atoms with Gasteiger partial charge in [-0.25, -0.2) is 9.67 Å². The van der Waals surface area contributed by atoms with Crippen LogP contribution in [0.1, 0.15) is 19.3 Å². The third-order valence-electron chi connectivity index (χ3n) is 3.43. The van der Waals surface area contributed by atoms with Crippen molar-refractivity contribution in [2.75, 3.05) is 12.3 Å². The van der Waals surface area contributed by atoms with E-state index in [1.54, 1.807) is 0 Å². The Balaban J connectivity index is 1.54. The van der Waals surface area contributed by atoms with Gasteiger partial charge in [-0.3, -0.25) is 4.79 Å². The Labute approximate surface area is 105 Å². The number of hydrogen-bond donors (Lipinski definition) is 2. The summed E-state index contributed by atoms with van der Waals surface area (Å²) >= 11 is 0. The van der Waals surface area contributed by atoms with Crippen molar-refractivity contribution >= 4 is 11.9 Å². The molecule has 1 amide bonds. The lowest BCUT2D eigenvalue weighted by molar-refractivity contribution is -0.123. The van der Waals surface area contributed by atoms with E-state index < -0.39 is 0 Å². The second-order valence-corrected chi connectivity index (χ2v) is 4.94. The minimum Gasteiger partial charge on any atom is -0.376 e. The summed E-state index contributed by atoms with van der Waals surface area (Å²) in [6.45, 7) is 0.889. The molecule has 98 valence electrons. The quantitative estimate of drug-likeness (QED) is 0.755. The lowest BCUT2D eigenvalue weighted by Gasteiger charge is -2.19. The molecule has 0 spiro atoms. The molecule has 1 aliphatic heterocycles. The van der Waals surface area contributed by atoms with Gasteiger partial charge < -0.3 is 15.8 Å². The van der Waals surface area contributed by atoms with Gasteiger partial charge in [0.05, 0.1) is 12.1 Å². The highest BCUT2D eigenvalue weighted by molar-refractivity contribution is 5.76. The van der Waals surface area contributed by atoms with Crippen molar-refractivity contribution in [2.24, 2.45) is 5.92 Å². The largest absolute Gasteiger partial charge is 0.376 e. The number of nitrogens with two attached hydrogens (primary N) is 1. The van der Waals surface area contributed by atoms with Crippen LogP contribution in [0.2, 0.25) is 0 Å². The molecule has 3 N–H and O–H groups in total. The monoisotopic (exact) mass is 251 g/mol. The average molecular weight is 251 g/mol. The predicted molar refractivity (Wildman–Crippen MR) is 63.4 cm³/mol. The Morgan fingerprint density at radius 2 is 2.39 bits per heavy atom. The summed E-state index contributed by atoms with van der Waals surface area (Å²) < 4.78 is 7.11. The van der Waals surface area contributed by atoms with Crippen molar-refractivity contribution in [2.45, 2.75) is 38.0 Å². The van der Waals surface area contributed by atoms with Crippen LogP contribution < -0.4 is 11.1 Å². The van der Waals surface area contributed by atoms with Gasteiger partial charge in [-0.2, -0.15) is 0 Å². The fourth-order valence-electron chi connectivity index (χ4n) is 2.44. The van der Waals surface area contributed by atoms with Crippen LogP contribution in [0.3, 0.4) is 0 Å². The number of nitrogens with zero attached hydrogens (tertiary/aromatic N) is 3. The maximum absolute atomic E-state index is 11.9. The van der Waals surface area contributed by atoms with E-state index in [-0.39, 0.29) is 30.5 Å². The smallest absolute Gasteiger partial charge is 0.242 e. The molecule has 0 radical (unpaired) electrons. The van der Waals surface area contributed by atoms with Crippen molar-refractivity contribution < 1.29 is 9.53 Å². The molecule has 1 aromatic heterocycles. The second-order valence-electron chi connectivity index (χ2n) is 4.94. The van der Waals surface area contributed by atoms with E-state index in [0.717, 1.165) is 13.0 Å². The van der Waals surface area contributed by atoms with E-state index >= 15 is 0 Å². The number of nitrogen functional groups attached to an aromatic ring is 1. The van der Waals surface area contributed by atoms with Gasteiger partial charge in [-0.05, 0) is 25.2 Å². The van der Waals surface area contributed by atoms with Gasteiger partial charge in [0.1, 0.15) is 12.9 Å². The molecular weight excluding hydrogens is 234 g/mol. The van der Waals surface area contributed by atoms with Crippen LogP contribution in [0.5, 0.6) is 0 Å². The van der Waals surface area contributed by atoms with Gasteiger partial charge >= 0.3 is 0 Å². The van der Waals surface area contributed by atoms with E-state index in [4.69, 9.17) is 10.5 Å². The van der Waals surface area contributed by atoms with Gasteiger partial charge in [-0.1, -0.05) is 0 Å². The maximum atomic E-state index is 11.9. The van der Waals surface area contributed by atoms with Crippen LogP contribution in [0.4, 0.5) is 5.95 Å². The van der Waals surface area contributed by atoms with E-state index in [1.807, 2.05) is 0 Å². The number of amides is 1. The fraction of sp³-hybridized carbons (Fsp3) is 0.727. The Morgan fingerprint density at radius 3 is 3.06 bits per heavy atom. The first kappa shape index (κ1) is 11.5. The topological polar surface area (TPSA) is 95.1 Å². The number of nitrogens with one attached hydrogen (secondary N) is 1. The highest BCUT2D eigenvalue weighted by Gasteiger charge is 2.41. The maximum Gasteiger partial charge on any atom is 0.242 e. The normalized spacial score (nSPS) is 27.3. The lowest BCUT2D eigenvalue weighted by Crippen LogP contribution is -2.42. The van der Waals surface area contributed by atoms with Crippen LogP contribution >= 0.6 is 0 Å². The number of ether oxygens (including phenoxy) is 1. The molecule has 1 aromatic rings.